The maximum Gasteiger partial charge on any atom is 0.260 e. The van der Waals surface area contributed by atoms with Crippen LogP contribution < -0.4 is 15.8 Å². The summed E-state index contributed by atoms with van der Waals surface area (Å²) in [6, 6.07) is 2.69. The van der Waals surface area contributed by atoms with Crippen LogP contribution in [0.15, 0.2) is 12.1 Å². The van der Waals surface area contributed by atoms with Crippen LogP contribution in [0.1, 0.15) is 26.3 Å². The van der Waals surface area contributed by atoms with Crippen molar-refractivity contribution in [2.45, 2.75) is 33.8 Å². The standard InChI is InChI=1S/C14H21FN2O2/c1-8(2)7-17-14(18)10(4)19-13-5-9(3)12(16)6-11(13)15/h5-6,8,10H,7,16H2,1-4H3,(H,17,18). The van der Waals surface area contributed by atoms with Crippen LogP contribution >= 0.6 is 0 Å². The van der Waals surface area contributed by atoms with Gasteiger partial charge in [0.2, 0.25) is 0 Å². The second-order valence-corrected chi connectivity index (χ2v) is 5.04. The fourth-order valence-corrected chi connectivity index (χ4v) is 1.45. The highest BCUT2D eigenvalue weighted by Crippen LogP contribution is 2.24. The van der Waals surface area contributed by atoms with Gasteiger partial charge in [0, 0.05) is 18.3 Å². The van der Waals surface area contributed by atoms with Crippen molar-refractivity contribution >= 4 is 11.6 Å². The third-order valence-corrected chi connectivity index (χ3v) is 2.68. The van der Waals surface area contributed by atoms with Gasteiger partial charge < -0.3 is 15.8 Å². The van der Waals surface area contributed by atoms with Gasteiger partial charge in [-0.1, -0.05) is 13.8 Å². The number of rotatable bonds is 5. The molecule has 0 aliphatic carbocycles. The molecule has 4 nitrogen and oxygen atoms in total. The molecule has 0 aromatic heterocycles. The summed E-state index contributed by atoms with van der Waals surface area (Å²) in [6.45, 7) is 7.89. The molecule has 1 unspecified atom stereocenters. The number of amides is 1. The predicted molar refractivity (Wildman–Crippen MR) is 73.5 cm³/mol. The summed E-state index contributed by atoms with van der Waals surface area (Å²) < 4.78 is 19.0. The maximum absolute atomic E-state index is 13.6. The lowest BCUT2D eigenvalue weighted by Gasteiger charge is -2.16. The number of aryl methyl sites for hydroxylation is 1. The molecule has 1 aromatic carbocycles. The van der Waals surface area contributed by atoms with Crippen molar-refractivity contribution in [2.75, 3.05) is 12.3 Å². The van der Waals surface area contributed by atoms with Gasteiger partial charge in [-0.15, -0.1) is 0 Å². The van der Waals surface area contributed by atoms with Crippen molar-refractivity contribution in [2.24, 2.45) is 5.92 Å². The number of hydrogen-bond acceptors (Lipinski definition) is 3. The Morgan fingerprint density at radius 2 is 2.05 bits per heavy atom. The Balaban J connectivity index is 2.69. The van der Waals surface area contributed by atoms with Crippen molar-refractivity contribution in [1.29, 1.82) is 0 Å². The van der Waals surface area contributed by atoms with Crippen molar-refractivity contribution in [3.8, 4) is 5.75 Å². The van der Waals surface area contributed by atoms with Gasteiger partial charge in [-0.3, -0.25) is 4.79 Å². The molecule has 5 heteroatoms. The molecule has 0 fully saturated rings. The minimum Gasteiger partial charge on any atom is -0.478 e. The molecule has 1 amide bonds. The number of carbonyl (C=O) groups excluding carboxylic acids is 1. The van der Waals surface area contributed by atoms with Crippen LogP contribution in [-0.2, 0) is 4.79 Å². The van der Waals surface area contributed by atoms with E-state index in [1.807, 2.05) is 13.8 Å². The lowest BCUT2D eigenvalue weighted by Crippen LogP contribution is -2.38. The fraction of sp³-hybridized carbons (Fsp3) is 0.500. The molecule has 0 bridgehead atoms. The van der Waals surface area contributed by atoms with Crippen molar-refractivity contribution in [3.05, 3.63) is 23.5 Å². The maximum atomic E-state index is 13.6. The van der Waals surface area contributed by atoms with E-state index in [2.05, 4.69) is 5.32 Å². The van der Waals surface area contributed by atoms with Crippen LogP contribution in [0.25, 0.3) is 0 Å². The van der Waals surface area contributed by atoms with Crippen LogP contribution in [0.2, 0.25) is 0 Å². The number of hydrogen-bond donors (Lipinski definition) is 2. The first-order valence-corrected chi connectivity index (χ1v) is 6.31. The minimum absolute atomic E-state index is 0.0406. The van der Waals surface area contributed by atoms with Crippen LogP contribution in [0.4, 0.5) is 10.1 Å². The van der Waals surface area contributed by atoms with Gasteiger partial charge in [-0.25, -0.2) is 4.39 Å². The normalized spacial score (nSPS) is 12.3. The van der Waals surface area contributed by atoms with Crippen LogP contribution in [-0.4, -0.2) is 18.6 Å². The van der Waals surface area contributed by atoms with E-state index in [-0.39, 0.29) is 11.7 Å². The fourth-order valence-electron chi connectivity index (χ4n) is 1.45. The highest BCUT2D eigenvalue weighted by molar-refractivity contribution is 5.80. The largest absolute Gasteiger partial charge is 0.478 e. The Morgan fingerprint density at radius 3 is 2.63 bits per heavy atom. The van der Waals surface area contributed by atoms with Crippen LogP contribution in [0.3, 0.4) is 0 Å². The van der Waals surface area contributed by atoms with Gasteiger partial charge in [0.15, 0.2) is 17.7 Å². The van der Waals surface area contributed by atoms with Crippen molar-refractivity contribution < 1.29 is 13.9 Å². The first-order chi connectivity index (χ1) is 8.81. The third kappa shape index (κ3) is 4.43. The topological polar surface area (TPSA) is 64.3 Å². The Kier molecular flexibility index (Phi) is 5.15. The quantitative estimate of drug-likeness (QED) is 0.805. The molecule has 0 saturated heterocycles. The van der Waals surface area contributed by atoms with E-state index in [1.54, 1.807) is 13.8 Å². The zero-order valence-electron chi connectivity index (χ0n) is 11.8. The van der Waals surface area contributed by atoms with Gasteiger partial charge >= 0.3 is 0 Å². The van der Waals surface area contributed by atoms with Gasteiger partial charge in [-0.05, 0) is 31.4 Å². The molecular weight excluding hydrogens is 247 g/mol. The summed E-state index contributed by atoms with van der Waals surface area (Å²) in [4.78, 5) is 11.7. The van der Waals surface area contributed by atoms with E-state index in [4.69, 9.17) is 10.5 Å². The summed E-state index contributed by atoms with van der Waals surface area (Å²) in [6.07, 6.45) is -0.753. The molecule has 0 aliphatic rings. The number of anilines is 1. The average Bonchev–Trinajstić information content (AvgIpc) is 2.32. The van der Waals surface area contributed by atoms with Crippen molar-refractivity contribution in [3.63, 3.8) is 0 Å². The van der Waals surface area contributed by atoms with E-state index in [0.29, 0.717) is 23.7 Å². The van der Waals surface area contributed by atoms with Crippen LogP contribution in [0, 0.1) is 18.7 Å². The van der Waals surface area contributed by atoms with E-state index in [1.165, 1.54) is 12.1 Å². The lowest BCUT2D eigenvalue weighted by molar-refractivity contribution is -0.127. The average molecular weight is 268 g/mol. The minimum atomic E-state index is -0.753. The summed E-state index contributed by atoms with van der Waals surface area (Å²) in [5, 5.41) is 2.74. The summed E-state index contributed by atoms with van der Waals surface area (Å²) in [5.41, 5.74) is 6.66. The molecule has 3 N–H and O–H groups in total. The number of carbonyl (C=O) groups is 1. The highest BCUT2D eigenvalue weighted by atomic mass is 19.1. The molecule has 1 atom stereocenters. The monoisotopic (exact) mass is 268 g/mol. The molecule has 1 rings (SSSR count). The number of benzene rings is 1. The van der Waals surface area contributed by atoms with E-state index < -0.39 is 11.9 Å². The smallest absolute Gasteiger partial charge is 0.260 e. The number of nitrogens with one attached hydrogen (secondary N) is 1. The molecule has 0 spiro atoms. The second-order valence-electron chi connectivity index (χ2n) is 5.04. The van der Waals surface area contributed by atoms with E-state index in [9.17, 15) is 9.18 Å². The molecule has 106 valence electrons. The Morgan fingerprint density at radius 1 is 1.42 bits per heavy atom. The Hall–Kier alpha value is -1.78. The SMILES string of the molecule is Cc1cc(OC(C)C(=O)NCC(C)C)c(F)cc1N. The predicted octanol–water partition coefficient (Wildman–Crippen LogP) is 2.26. The second kappa shape index (κ2) is 6.41. The summed E-state index contributed by atoms with van der Waals surface area (Å²) in [7, 11) is 0. The zero-order chi connectivity index (χ0) is 14.6. The molecule has 1 aromatic rings. The number of nitrogens with two attached hydrogens (primary N) is 1. The van der Waals surface area contributed by atoms with Gasteiger partial charge in [0.25, 0.3) is 5.91 Å². The van der Waals surface area contributed by atoms with Gasteiger partial charge in [0.1, 0.15) is 0 Å². The van der Waals surface area contributed by atoms with Crippen molar-refractivity contribution in [1.82, 2.24) is 5.32 Å². The Labute approximate surface area is 113 Å². The lowest BCUT2D eigenvalue weighted by atomic mass is 10.2. The van der Waals surface area contributed by atoms with E-state index >= 15 is 0 Å². The van der Waals surface area contributed by atoms with Gasteiger partial charge in [-0.2, -0.15) is 0 Å². The first-order valence-electron chi connectivity index (χ1n) is 6.31. The highest BCUT2D eigenvalue weighted by Gasteiger charge is 2.17. The summed E-state index contributed by atoms with van der Waals surface area (Å²) in [5.74, 6) is -0.431. The third-order valence-electron chi connectivity index (χ3n) is 2.68. The first kappa shape index (κ1) is 15.3. The zero-order valence-corrected chi connectivity index (χ0v) is 11.8. The molecule has 0 radical (unpaired) electrons. The number of ether oxygens (including phenoxy) is 1. The summed E-state index contributed by atoms with van der Waals surface area (Å²) >= 11 is 0. The van der Waals surface area contributed by atoms with E-state index in [0.717, 1.165) is 0 Å². The Bertz CT molecular complexity index is 461. The molecular formula is C14H21FN2O2. The number of halogens is 1. The van der Waals surface area contributed by atoms with Gasteiger partial charge in [0.05, 0.1) is 0 Å². The molecule has 0 heterocycles. The molecule has 0 saturated carbocycles. The molecule has 19 heavy (non-hydrogen) atoms. The number of nitrogen functional groups attached to an aromatic ring is 1. The van der Waals surface area contributed by atoms with Crippen LogP contribution in [0.5, 0.6) is 5.75 Å². The molecule has 0 aliphatic heterocycles.